The van der Waals surface area contributed by atoms with Crippen LogP contribution in [0.4, 0.5) is 13.2 Å². The summed E-state index contributed by atoms with van der Waals surface area (Å²) in [5, 5.41) is 0.984. The van der Waals surface area contributed by atoms with E-state index in [-0.39, 0.29) is 0 Å². The molecule has 1 rings (SSSR count). The van der Waals surface area contributed by atoms with Crippen LogP contribution in [0.5, 0.6) is 0 Å². The Labute approximate surface area is 172 Å². The van der Waals surface area contributed by atoms with Crippen molar-refractivity contribution >= 4 is 36.3 Å². The lowest BCUT2D eigenvalue weighted by Crippen LogP contribution is -2.20. The first-order valence-corrected chi connectivity index (χ1v) is 9.62. The molecule has 160 valence electrons. The molecule has 0 bridgehead atoms. The van der Waals surface area contributed by atoms with Crippen molar-refractivity contribution in [2.45, 2.75) is 46.5 Å². The Bertz CT molecular complexity index is 684. The van der Waals surface area contributed by atoms with E-state index in [4.69, 9.17) is 4.42 Å². The van der Waals surface area contributed by atoms with Crippen molar-refractivity contribution in [1.29, 1.82) is 0 Å². The zero-order valence-corrected chi connectivity index (χ0v) is 18.5. The normalized spacial score (nSPS) is 11.5. The van der Waals surface area contributed by atoms with E-state index >= 15 is 0 Å². The molecule has 0 fully saturated rings. The molecule has 2 nitrogen and oxygen atoms in total. The summed E-state index contributed by atoms with van der Waals surface area (Å²) in [5.41, 5.74) is -2.50. The highest BCUT2D eigenvalue weighted by molar-refractivity contribution is 7.95. The number of rotatable bonds is 5. The van der Waals surface area contributed by atoms with Gasteiger partial charge in [0.2, 0.25) is 0 Å². The monoisotopic (exact) mass is 418 g/mol. The summed E-state index contributed by atoms with van der Waals surface area (Å²) in [6, 6.07) is 0. The summed E-state index contributed by atoms with van der Waals surface area (Å²) in [5.74, 6) is 0.804. The van der Waals surface area contributed by atoms with E-state index in [0.717, 1.165) is 29.1 Å². The van der Waals surface area contributed by atoms with Crippen LogP contribution in [-0.2, 0) is 4.18 Å². The summed E-state index contributed by atoms with van der Waals surface area (Å²) >= 11 is -0.512. The zero-order valence-electron chi connectivity index (χ0n) is 17.7. The standard InChI is InChI=1S/C15H16O.C3H8.C2H3F3OS.C2H6/c1-5-9-13-12(8-4)14(10-6-2)16-15(13)11-7-3;1-3-2;1-6-7-2(3,4)5;1-2/h5-11H,1,3-4H2,2H3;3H2,1-2H3;1H3;1-2H3/b10-6-,13-9-,15-11+;;;. The summed E-state index contributed by atoms with van der Waals surface area (Å²) < 4.78 is 42.1. The maximum atomic E-state index is 10.9. The topological polar surface area (TPSA) is 22.4 Å². The molecule has 0 aliphatic carbocycles. The van der Waals surface area contributed by atoms with E-state index in [0.29, 0.717) is 0 Å². The van der Waals surface area contributed by atoms with Gasteiger partial charge in [-0.25, -0.2) is 0 Å². The summed E-state index contributed by atoms with van der Waals surface area (Å²) in [6.45, 7) is 21.4. The third kappa shape index (κ3) is 15.2. The van der Waals surface area contributed by atoms with Crippen LogP contribution >= 0.6 is 12.0 Å². The third-order valence-electron chi connectivity index (χ3n) is 2.29. The molecule has 0 aliphatic rings. The highest BCUT2D eigenvalue weighted by atomic mass is 32.2. The smallest absolute Gasteiger partial charge is 0.456 e. The van der Waals surface area contributed by atoms with Gasteiger partial charge in [0.15, 0.2) is 0 Å². The second kappa shape index (κ2) is 19.8. The van der Waals surface area contributed by atoms with Gasteiger partial charge in [0, 0.05) is 10.8 Å². The minimum atomic E-state index is -4.26. The molecule has 0 radical (unpaired) electrons. The van der Waals surface area contributed by atoms with Crippen LogP contribution in [0.2, 0.25) is 0 Å². The van der Waals surface area contributed by atoms with E-state index in [9.17, 15) is 13.2 Å². The van der Waals surface area contributed by atoms with Crippen molar-refractivity contribution in [2.75, 3.05) is 7.11 Å². The summed E-state index contributed by atoms with van der Waals surface area (Å²) in [6.07, 6.45) is 14.1. The largest absolute Gasteiger partial charge is 0.467 e. The average molecular weight is 419 g/mol. The van der Waals surface area contributed by atoms with Gasteiger partial charge in [0.05, 0.1) is 7.11 Å². The van der Waals surface area contributed by atoms with E-state index in [1.807, 2.05) is 45.1 Å². The first kappa shape index (κ1) is 30.8. The molecular weight excluding hydrogens is 385 g/mol. The number of furan rings is 1. The molecule has 6 heteroatoms. The van der Waals surface area contributed by atoms with Crippen LogP contribution in [0.15, 0.2) is 42.4 Å². The van der Waals surface area contributed by atoms with Gasteiger partial charge in [-0.2, -0.15) is 13.2 Å². The third-order valence-corrected chi connectivity index (χ3v) is 2.65. The molecule has 0 saturated heterocycles. The lowest BCUT2D eigenvalue weighted by atomic mass is 10.1. The van der Waals surface area contributed by atoms with Crippen LogP contribution in [0.25, 0.3) is 24.3 Å². The molecule has 0 spiro atoms. The SMILES string of the molecule is C=C/C=c1/c(C=C)c(/C=C\C)o/c1=C/C=C.CC.CCC.COSC(F)(F)F. The van der Waals surface area contributed by atoms with Crippen LogP contribution < -0.4 is 10.6 Å². The lowest BCUT2D eigenvalue weighted by molar-refractivity contribution is -0.0386. The molecule has 0 unspecified atom stereocenters. The van der Waals surface area contributed by atoms with Gasteiger partial charge in [-0.1, -0.05) is 84.2 Å². The predicted octanol–water partition coefficient (Wildman–Crippen LogP) is 7.13. The lowest BCUT2D eigenvalue weighted by Gasteiger charge is -1.98. The molecule has 0 N–H and O–H groups in total. The van der Waals surface area contributed by atoms with E-state index in [1.165, 1.54) is 6.42 Å². The highest BCUT2D eigenvalue weighted by Gasteiger charge is 2.28. The second-order valence-corrected chi connectivity index (χ2v) is 5.53. The first-order valence-electron chi connectivity index (χ1n) is 8.88. The minimum absolute atomic E-state index is 0.512. The molecule has 0 saturated carbocycles. The number of halogens is 3. The van der Waals surface area contributed by atoms with Gasteiger partial charge < -0.3 is 8.60 Å². The van der Waals surface area contributed by atoms with Crippen molar-refractivity contribution in [3.05, 3.63) is 59.9 Å². The minimum Gasteiger partial charge on any atom is -0.456 e. The molecule has 0 amide bonds. The van der Waals surface area contributed by atoms with Crippen molar-refractivity contribution < 1.29 is 21.8 Å². The van der Waals surface area contributed by atoms with Crippen molar-refractivity contribution in [1.82, 2.24) is 0 Å². The molecule has 1 aromatic rings. The maximum Gasteiger partial charge on any atom is 0.467 e. The van der Waals surface area contributed by atoms with Gasteiger partial charge in [-0.3, -0.25) is 0 Å². The molecule has 0 aromatic carbocycles. The number of hydrogen-bond acceptors (Lipinski definition) is 3. The van der Waals surface area contributed by atoms with Gasteiger partial charge in [0.1, 0.15) is 23.2 Å². The van der Waals surface area contributed by atoms with Gasteiger partial charge in [-0.15, -0.1) is 0 Å². The molecule has 1 heterocycles. The van der Waals surface area contributed by atoms with Gasteiger partial charge in [0.25, 0.3) is 0 Å². The molecule has 0 aliphatic heterocycles. The number of hydrogen-bond donors (Lipinski definition) is 0. The summed E-state index contributed by atoms with van der Waals surface area (Å²) in [4.78, 5) is 0. The second-order valence-electron chi connectivity index (χ2n) is 4.57. The quantitative estimate of drug-likeness (QED) is 0.475. The van der Waals surface area contributed by atoms with Crippen molar-refractivity contribution in [3.63, 3.8) is 0 Å². The Kier molecular flexibility index (Phi) is 21.8. The van der Waals surface area contributed by atoms with Gasteiger partial charge >= 0.3 is 5.51 Å². The van der Waals surface area contributed by atoms with E-state index in [2.05, 4.69) is 37.8 Å². The Balaban J connectivity index is -0.000000434. The predicted molar refractivity (Wildman–Crippen MR) is 120 cm³/mol. The van der Waals surface area contributed by atoms with Crippen LogP contribution in [0.1, 0.15) is 52.4 Å². The van der Waals surface area contributed by atoms with Gasteiger partial charge in [-0.05, 0) is 19.1 Å². The average Bonchev–Trinajstić information content (AvgIpc) is 2.94. The Morgan fingerprint density at radius 2 is 1.57 bits per heavy atom. The molecule has 0 atom stereocenters. The zero-order chi connectivity index (χ0) is 22.6. The van der Waals surface area contributed by atoms with E-state index < -0.39 is 17.6 Å². The van der Waals surface area contributed by atoms with Crippen molar-refractivity contribution in [2.24, 2.45) is 0 Å². The Hall–Kier alpha value is -1.92. The molecule has 1 aromatic heterocycles. The van der Waals surface area contributed by atoms with E-state index in [1.54, 1.807) is 18.2 Å². The fraction of sp³-hybridized carbons (Fsp3) is 0.364. The summed E-state index contributed by atoms with van der Waals surface area (Å²) in [7, 11) is 0.970. The fourth-order valence-corrected chi connectivity index (χ4v) is 1.78. The maximum absolute atomic E-state index is 10.9. The Morgan fingerprint density at radius 3 is 1.86 bits per heavy atom. The number of allylic oxidation sites excluding steroid dienone is 3. The van der Waals surface area contributed by atoms with Crippen LogP contribution in [0.3, 0.4) is 0 Å². The van der Waals surface area contributed by atoms with Crippen LogP contribution in [0, 0.1) is 0 Å². The van der Waals surface area contributed by atoms with Crippen LogP contribution in [-0.4, -0.2) is 12.6 Å². The Morgan fingerprint density at radius 1 is 1.07 bits per heavy atom. The van der Waals surface area contributed by atoms with Crippen molar-refractivity contribution in [3.8, 4) is 0 Å². The molecule has 28 heavy (non-hydrogen) atoms. The first-order chi connectivity index (χ1) is 13.3. The highest BCUT2D eigenvalue weighted by Crippen LogP contribution is 2.29. The molecular formula is C22H33F3O2S. The fourth-order valence-electron chi connectivity index (χ4n) is 1.59. The number of alkyl halides is 3.